The molecule has 1 heterocycles. The molecule has 29 heavy (non-hydrogen) atoms. The number of thioether (sulfide) groups is 1. The van der Waals surface area contributed by atoms with Gasteiger partial charge < -0.3 is 4.74 Å². The minimum absolute atomic E-state index is 0.0194. The Morgan fingerprint density at radius 3 is 2.17 bits per heavy atom. The fourth-order valence-corrected chi connectivity index (χ4v) is 3.67. The van der Waals surface area contributed by atoms with E-state index in [0.717, 1.165) is 35.2 Å². The van der Waals surface area contributed by atoms with Gasteiger partial charge in [-0.1, -0.05) is 12.1 Å². The quantitative estimate of drug-likeness (QED) is 0.244. The molecule has 0 aliphatic carbocycles. The average molecular weight is 431 g/mol. The summed E-state index contributed by atoms with van der Waals surface area (Å²) in [5.74, 6) is -0.901. The van der Waals surface area contributed by atoms with E-state index in [4.69, 9.17) is 4.74 Å². The molecule has 0 saturated carbocycles. The number of hydrogen-bond acceptors (Lipinski definition) is 10. The second-order valence-electron chi connectivity index (χ2n) is 5.35. The number of ether oxygens (including phenoxy) is 1. The van der Waals surface area contributed by atoms with Gasteiger partial charge >= 0.3 is 5.97 Å². The van der Waals surface area contributed by atoms with Crippen molar-refractivity contribution < 1.29 is 24.2 Å². The van der Waals surface area contributed by atoms with Gasteiger partial charge in [0.05, 0.1) is 20.8 Å². The van der Waals surface area contributed by atoms with Gasteiger partial charge in [0, 0.05) is 29.8 Å². The largest absolute Gasteiger partial charge is 0.403 e. The maximum atomic E-state index is 12.3. The summed E-state index contributed by atoms with van der Waals surface area (Å²) < 4.78 is 5.34. The van der Waals surface area contributed by atoms with Crippen molar-refractivity contribution in [1.29, 1.82) is 0 Å². The van der Waals surface area contributed by atoms with E-state index in [1.165, 1.54) is 41.8 Å². The number of carbonyl (C=O) groups is 2. The first-order valence-electron chi connectivity index (χ1n) is 7.72. The smallest absolute Gasteiger partial charge is 0.345 e. The van der Waals surface area contributed by atoms with Gasteiger partial charge in [0.2, 0.25) is 11.0 Å². The molecule has 1 aromatic heterocycles. The molecule has 0 fully saturated rings. The van der Waals surface area contributed by atoms with Crippen molar-refractivity contribution in [1.82, 2.24) is 4.98 Å². The Labute approximate surface area is 170 Å². The Bertz CT molecular complexity index is 1040. The van der Waals surface area contributed by atoms with Gasteiger partial charge in [-0.05, 0) is 23.9 Å². The molecule has 0 N–H and O–H groups in total. The normalized spacial score (nSPS) is 10.3. The second-order valence-corrected chi connectivity index (χ2v) is 7.42. The summed E-state index contributed by atoms with van der Waals surface area (Å²) in [6.45, 7) is 0. The minimum Gasteiger partial charge on any atom is -0.403 e. The van der Waals surface area contributed by atoms with E-state index in [1.54, 1.807) is 0 Å². The fourth-order valence-electron chi connectivity index (χ4n) is 2.12. The van der Waals surface area contributed by atoms with Crippen LogP contribution < -0.4 is 4.74 Å². The summed E-state index contributed by atoms with van der Waals surface area (Å²) in [5, 5.41) is 22.5. The summed E-state index contributed by atoms with van der Waals surface area (Å²) in [4.78, 5) is 48.8. The zero-order valence-corrected chi connectivity index (χ0v) is 15.8. The second kappa shape index (κ2) is 8.58. The number of carbonyl (C=O) groups excluding carboxylic acids is 2. The maximum Gasteiger partial charge on any atom is 0.345 e. The van der Waals surface area contributed by atoms with Gasteiger partial charge in [-0.15, -0.1) is 11.3 Å². The highest BCUT2D eigenvalue weighted by Gasteiger charge is 2.18. The monoisotopic (exact) mass is 431 g/mol. The third kappa shape index (κ3) is 5.00. The number of aromatic nitrogens is 1. The van der Waals surface area contributed by atoms with Crippen molar-refractivity contribution >= 4 is 45.6 Å². The van der Waals surface area contributed by atoms with Crippen LogP contribution in [0, 0.1) is 20.2 Å². The summed E-state index contributed by atoms with van der Waals surface area (Å²) >= 11 is 1.77. The molecule has 2 aromatic carbocycles. The van der Waals surface area contributed by atoms with Crippen LogP contribution in [0.4, 0.5) is 11.4 Å². The lowest BCUT2D eigenvalue weighted by molar-refractivity contribution is -0.385. The van der Waals surface area contributed by atoms with Gasteiger partial charge in [-0.25, -0.2) is 4.79 Å². The first-order valence-corrected chi connectivity index (χ1v) is 9.42. The molecule has 0 spiro atoms. The Kier molecular flexibility index (Phi) is 5.95. The van der Waals surface area contributed by atoms with E-state index in [0.29, 0.717) is 0 Å². The van der Waals surface area contributed by atoms with E-state index < -0.39 is 20.9 Å². The molecule has 0 amide bonds. The number of esters is 1. The van der Waals surface area contributed by atoms with Gasteiger partial charge in [0.1, 0.15) is 0 Å². The predicted molar refractivity (Wildman–Crippen MR) is 103 cm³/mol. The molecule has 12 heteroatoms. The topological polar surface area (TPSA) is 143 Å². The molecule has 0 bridgehead atoms. The molecule has 146 valence electrons. The molecule has 0 radical (unpaired) electrons. The molecule has 0 aliphatic heterocycles. The number of benzene rings is 2. The molecular weight excluding hydrogens is 422 g/mol. The van der Waals surface area contributed by atoms with Gasteiger partial charge in [0.15, 0.2) is 4.34 Å². The Morgan fingerprint density at radius 2 is 1.55 bits per heavy atom. The summed E-state index contributed by atoms with van der Waals surface area (Å²) in [7, 11) is 0. The number of thiazole rings is 1. The van der Waals surface area contributed by atoms with E-state index in [9.17, 15) is 29.8 Å². The number of nitro benzene ring substituents is 2. The predicted octanol–water partition coefficient (Wildman–Crippen LogP) is 4.11. The number of nitro groups is 2. The van der Waals surface area contributed by atoms with Crippen molar-refractivity contribution in [2.75, 3.05) is 0 Å². The first kappa shape index (κ1) is 20.1. The molecule has 3 aromatic rings. The highest BCUT2D eigenvalue weighted by atomic mass is 32.2. The Hall–Kier alpha value is -3.64. The zero-order valence-electron chi connectivity index (χ0n) is 14.2. The summed E-state index contributed by atoms with van der Waals surface area (Å²) in [6, 6.07) is 10.3. The fraction of sp³-hybridized carbons (Fsp3) is 0. The van der Waals surface area contributed by atoms with Crippen molar-refractivity contribution in [2.45, 2.75) is 4.34 Å². The SMILES string of the molecule is O=C(Oc1csc(SC(=O)c2cccc([N+](=O)[O-])c2)n1)c1cccc([N+](=O)[O-])c1. The summed E-state index contributed by atoms with van der Waals surface area (Å²) in [6.07, 6.45) is 0. The van der Waals surface area contributed by atoms with E-state index in [1.807, 2.05) is 0 Å². The van der Waals surface area contributed by atoms with E-state index in [-0.39, 0.29) is 32.7 Å². The molecular formula is C17H9N3O7S2. The Morgan fingerprint density at radius 1 is 0.966 bits per heavy atom. The molecule has 0 unspecified atom stereocenters. The average Bonchev–Trinajstić information content (AvgIpc) is 3.14. The molecule has 10 nitrogen and oxygen atoms in total. The van der Waals surface area contributed by atoms with Crippen molar-refractivity contribution in [3.05, 3.63) is 85.3 Å². The summed E-state index contributed by atoms with van der Waals surface area (Å²) in [5.41, 5.74) is -0.345. The van der Waals surface area contributed by atoms with E-state index >= 15 is 0 Å². The van der Waals surface area contributed by atoms with Crippen LogP contribution in [-0.4, -0.2) is 25.9 Å². The van der Waals surface area contributed by atoms with E-state index in [2.05, 4.69) is 4.98 Å². The van der Waals surface area contributed by atoms with Crippen LogP contribution >= 0.6 is 23.1 Å². The zero-order chi connectivity index (χ0) is 21.0. The number of non-ortho nitro benzene ring substituents is 2. The van der Waals surface area contributed by atoms with Crippen LogP contribution in [0.15, 0.2) is 58.3 Å². The van der Waals surface area contributed by atoms with Gasteiger partial charge in [0.25, 0.3) is 11.4 Å². The first-order chi connectivity index (χ1) is 13.8. The van der Waals surface area contributed by atoms with Gasteiger partial charge in [-0.2, -0.15) is 4.98 Å². The van der Waals surface area contributed by atoms with Crippen molar-refractivity contribution in [2.24, 2.45) is 0 Å². The highest BCUT2D eigenvalue weighted by molar-refractivity contribution is 8.15. The van der Waals surface area contributed by atoms with Gasteiger partial charge in [-0.3, -0.25) is 25.0 Å². The Balaban J connectivity index is 1.68. The lowest BCUT2D eigenvalue weighted by Crippen LogP contribution is -2.09. The minimum atomic E-state index is -0.833. The van der Waals surface area contributed by atoms with Crippen molar-refractivity contribution in [3.8, 4) is 5.88 Å². The maximum absolute atomic E-state index is 12.3. The number of rotatable bonds is 6. The third-order valence-electron chi connectivity index (χ3n) is 3.42. The van der Waals surface area contributed by atoms with Crippen LogP contribution in [0.5, 0.6) is 5.88 Å². The lowest BCUT2D eigenvalue weighted by Gasteiger charge is -2.01. The van der Waals surface area contributed by atoms with Crippen molar-refractivity contribution in [3.63, 3.8) is 0 Å². The number of hydrogen-bond donors (Lipinski definition) is 0. The lowest BCUT2D eigenvalue weighted by atomic mass is 10.2. The van der Waals surface area contributed by atoms with Crippen LogP contribution in [0.1, 0.15) is 20.7 Å². The standard InChI is InChI=1S/C17H9N3O7S2/c21-15(10-3-1-5-12(7-10)19(23)24)27-14-9-28-17(18-14)29-16(22)11-4-2-6-13(8-11)20(25)26/h1-9H. The highest BCUT2D eigenvalue weighted by Crippen LogP contribution is 2.30. The third-order valence-corrected chi connectivity index (χ3v) is 5.26. The van der Waals surface area contributed by atoms with Crippen LogP contribution in [-0.2, 0) is 0 Å². The van der Waals surface area contributed by atoms with Crippen LogP contribution in [0.25, 0.3) is 0 Å². The molecule has 0 atom stereocenters. The number of nitrogens with zero attached hydrogens (tertiary/aromatic N) is 3. The molecule has 3 rings (SSSR count). The molecule has 0 saturated heterocycles. The van der Waals surface area contributed by atoms with Crippen LogP contribution in [0.2, 0.25) is 0 Å². The van der Waals surface area contributed by atoms with Crippen LogP contribution in [0.3, 0.4) is 0 Å². The molecule has 0 aliphatic rings.